The molecule has 0 bridgehead atoms. The molecular formula is C19H18F4N2O4S. The summed E-state index contributed by atoms with van der Waals surface area (Å²) in [5.74, 6) is -2.03. The zero-order valence-electron chi connectivity index (χ0n) is 15.6. The van der Waals surface area contributed by atoms with E-state index in [1.807, 2.05) is 0 Å². The minimum atomic E-state index is -4.56. The number of nitrogens with zero attached hydrogens (tertiary/aromatic N) is 1. The molecular weight excluding hydrogens is 428 g/mol. The van der Waals surface area contributed by atoms with Crippen LogP contribution in [0, 0.1) is 5.82 Å². The van der Waals surface area contributed by atoms with Gasteiger partial charge in [-0.15, -0.1) is 0 Å². The molecule has 0 radical (unpaired) electrons. The Morgan fingerprint density at radius 3 is 2.43 bits per heavy atom. The predicted octanol–water partition coefficient (Wildman–Crippen LogP) is 3.80. The van der Waals surface area contributed by atoms with Gasteiger partial charge in [0, 0.05) is 18.7 Å². The number of halogens is 4. The number of anilines is 1. The van der Waals surface area contributed by atoms with Crippen LogP contribution in [0.15, 0.2) is 47.4 Å². The zero-order chi connectivity index (χ0) is 21.9. The van der Waals surface area contributed by atoms with Gasteiger partial charge in [-0.2, -0.15) is 17.5 Å². The Morgan fingerprint density at radius 1 is 1.10 bits per heavy atom. The number of alkyl halides is 3. The summed E-state index contributed by atoms with van der Waals surface area (Å²) in [6.45, 7) is -1.01. The molecule has 162 valence electrons. The van der Waals surface area contributed by atoms with Crippen molar-refractivity contribution < 1.29 is 35.5 Å². The standard InChI is InChI=1S/C19H18F4N2O4S/c20-14-8-7-13(11-17(14)30(27,28)25-9-3-4-10-25)18(26)24-15-5-1-2-6-16(15)29-12-19(21,22)23/h1-2,5-8,11H,3-4,9-10,12H2,(H,24,26). The zero-order valence-corrected chi connectivity index (χ0v) is 16.4. The molecule has 1 aliphatic rings. The molecule has 0 unspecified atom stereocenters. The maximum absolute atomic E-state index is 14.2. The first-order chi connectivity index (χ1) is 14.1. The summed E-state index contributed by atoms with van der Waals surface area (Å²) in [5, 5.41) is 2.37. The Balaban J connectivity index is 1.84. The number of hydrogen-bond donors (Lipinski definition) is 1. The number of rotatable bonds is 6. The fourth-order valence-electron chi connectivity index (χ4n) is 2.96. The average Bonchev–Trinajstić information content (AvgIpc) is 3.22. The Hall–Kier alpha value is -2.66. The molecule has 2 aromatic rings. The largest absolute Gasteiger partial charge is 0.482 e. The van der Waals surface area contributed by atoms with Gasteiger partial charge in [0.2, 0.25) is 10.0 Å². The van der Waals surface area contributed by atoms with Crippen LogP contribution in [0.5, 0.6) is 5.75 Å². The van der Waals surface area contributed by atoms with Crippen LogP contribution in [0.1, 0.15) is 23.2 Å². The van der Waals surface area contributed by atoms with Crippen LogP contribution in [-0.2, 0) is 10.0 Å². The molecule has 0 spiro atoms. The van der Waals surface area contributed by atoms with Crippen molar-refractivity contribution in [2.75, 3.05) is 25.0 Å². The predicted molar refractivity (Wildman–Crippen MR) is 100 cm³/mol. The Labute approximate surface area is 170 Å². The molecule has 1 heterocycles. The summed E-state index contributed by atoms with van der Waals surface area (Å²) in [4.78, 5) is 11.9. The van der Waals surface area contributed by atoms with Crippen molar-refractivity contribution in [1.29, 1.82) is 0 Å². The van der Waals surface area contributed by atoms with Gasteiger partial charge in [0.15, 0.2) is 6.61 Å². The molecule has 3 rings (SSSR count). The van der Waals surface area contributed by atoms with E-state index < -0.39 is 39.4 Å². The van der Waals surface area contributed by atoms with Crippen LogP contribution in [-0.4, -0.2) is 44.5 Å². The van der Waals surface area contributed by atoms with Gasteiger partial charge in [-0.05, 0) is 43.2 Å². The highest BCUT2D eigenvalue weighted by Crippen LogP contribution is 2.28. The highest BCUT2D eigenvalue weighted by Gasteiger charge is 2.31. The summed E-state index contributed by atoms with van der Waals surface area (Å²) in [6, 6.07) is 8.35. The van der Waals surface area contributed by atoms with Crippen LogP contribution in [0.3, 0.4) is 0 Å². The number of amides is 1. The topological polar surface area (TPSA) is 75.7 Å². The molecule has 6 nitrogen and oxygen atoms in total. The quantitative estimate of drug-likeness (QED) is 0.685. The first-order valence-corrected chi connectivity index (χ1v) is 10.4. The molecule has 2 aromatic carbocycles. The molecule has 1 saturated heterocycles. The van der Waals surface area contributed by atoms with E-state index >= 15 is 0 Å². The van der Waals surface area contributed by atoms with Crippen LogP contribution < -0.4 is 10.1 Å². The lowest BCUT2D eigenvalue weighted by Crippen LogP contribution is -2.29. The summed E-state index contributed by atoms with van der Waals surface area (Å²) < 4.78 is 82.6. The van der Waals surface area contributed by atoms with E-state index in [1.54, 1.807) is 0 Å². The van der Waals surface area contributed by atoms with Crippen LogP contribution in [0.4, 0.5) is 23.2 Å². The van der Waals surface area contributed by atoms with E-state index in [0.717, 1.165) is 22.5 Å². The number of sulfonamides is 1. The van der Waals surface area contributed by atoms with Gasteiger partial charge in [-0.3, -0.25) is 4.79 Å². The normalized spacial score (nSPS) is 15.2. The molecule has 1 amide bonds. The van der Waals surface area contributed by atoms with E-state index in [-0.39, 0.29) is 30.1 Å². The van der Waals surface area contributed by atoms with Gasteiger partial charge < -0.3 is 10.1 Å². The first-order valence-electron chi connectivity index (χ1n) is 8.97. The van der Waals surface area contributed by atoms with Gasteiger partial charge in [0.1, 0.15) is 16.5 Å². The smallest absolute Gasteiger partial charge is 0.422 e. The first kappa shape index (κ1) is 22.0. The third kappa shape index (κ3) is 5.08. The Bertz CT molecular complexity index is 1040. The second-order valence-corrected chi connectivity index (χ2v) is 8.52. The highest BCUT2D eigenvalue weighted by atomic mass is 32.2. The summed E-state index contributed by atoms with van der Waals surface area (Å²) in [6.07, 6.45) is -3.24. The molecule has 11 heteroatoms. The van der Waals surface area contributed by atoms with E-state index in [2.05, 4.69) is 5.32 Å². The monoisotopic (exact) mass is 446 g/mol. The van der Waals surface area contributed by atoms with Crippen LogP contribution in [0.25, 0.3) is 0 Å². The second kappa shape index (κ2) is 8.60. The maximum Gasteiger partial charge on any atom is 0.422 e. The lowest BCUT2D eigenvalue weighted by atomic mass is 10.2. The number of nitrogens with one attached hydrogen (secondary N) is 1. The van der Waals surface area contributed by atoms with Gasteiger partial charge in [0.05, 0.1) is 5.69 Å². The molecule has 1 aliphatic heterocycles. The lowest BCUT2D eigenvalue weighted by Gasteiger charge is -2.17. The van der Waals surface area contributed by atoms with Gasteiger partial charge in [0.25, 0.3) is 5.91 Å². The molecule has 30 heavy (non-hydrogen) atoms. The fourth-order valence-corrected chi connectivity index (χ4v) is 4.57. The minimum absolute atomic E-state index is 0.0416. The Kier molecular flexibility index (Phi) is 6.32. The number of para-hydroxylation sites is 2. The molecule has 0 aliphatic carbocycles. The molecule has 0 atom stereocenters. The van der Waals surface area contributed by atoms with Gasteiger partial charge >= 0.3 is 6.18 Å². The van der Waals surface area contributed by atoms with Gasteiger partial charge in [-0.25, -0.2) is 12.8 Å². The number of carbonyl (C=O) groups excluding carboxylic acids is 1. The lowest BCUT2D eigenvalue weighted by molar-refractivity contribution is -0.153. The van der Waals surface area contributed by atoms with Crippen molar-refractivity contribution in [3.05, 3.63) is 53.8 Å². The second-order valence-electron chi connectivity index (χ2n) is 6.61. The molecule has 0 saturated carbocycles. The van der Waals surface area contributed by atoms with E-state index in [9.17, 15) is 30.8 Å². The van der Waals surface area contributed by atoms with Crippen molar-refractivity contribution in [3.8, 4) is 5.75 Å². The van der Waals surface area contributed by atoms with E-state index in [1.165, 1.54) is 24.3 Å². The fraction of sp³-hybridized carbons (Fsp3) is 0.316. The van der Waals surface area contributed by atoms with Crippen molar-refractivity contribution in [2.45, 2.75) is 23.9 Å². The third-order valence-corrected chi connectivity index (χ3v) is 6.32. The van der Waals surface area contributed by atoms with Crippen LogP contribution in [0.2, 0.25) is 0 Å². The summed E-state index contributed by atoms with van der Waals surface area (Å²) in [5.41, 5.74) is -0.208. The van der Waals surface area contributed by atoms with Crippen molar-refractivity contribution in [2.24, 2.45) is 0 Å². The Morgan fingerprint density at radius 2 is 1.77 bits per heavy atom. The third-order valence-electron chi connectivity index (χ3n) is 4.40. The van der Waals surface area contributed by atoms with E-state index in [4.69, 9.17) is 4.74 Å². The van der Waals surface area contributed by atoms with Gasteiger partial charge in [-0.1, -0.05) is 12.1 Å². The average molecular weight is 446 g/mol. The number of benzene rings is 2. The summed E-state index contributed by atoms with van der Waals surface area (Å²) >= 11 is 0. The van der Waals surface area contributed by atoms with Crippen molar-refractivity contribution in [1.82, 2.24) is 4.31 Å². The van der Waals surface area contributed by atoms with E-state index in [0.29, 0.717) is 12.8 Å². The van der Waals surface area contributed by atoms with Crippen LogP contribution >= 0.6 is 0 Å². The number of hydrogen-bond acceptors (Lipinski definition) is 4. The maximum atomic E-state index is 14.2. The molecule has 1 fully saturated rings. The van der Waals surface area contributed by atoms with Crippen molar-refractivity contribution in [3.63, 3.8) is 0 Å². The minimum Gasteiger partial charge on any atom is -0.482 e. The SMILES string of the molecule is O=C(Nc1ccccc1OCC(F)(F)F)c1ccc(F)c(S(=O)(=O)N2CCCC2)c1. The van der Waals surface area contributed by atoms with Crippen molar-refractivity contribution >= 4 is 21.6 Å². The number of ether oxygens (including phenoxy) is 1. The highest BCUT2D eigenvalue weighted by molar-refractivity contribution is 7.89. The number of carbonyl (C=O) groups is 1. The molecule has 0 aromatic heterocycles. The molecule has 1 N–H and O–H groups in total. The summed E-state index contributed by atoms with van der Waals surface area (Å²) in [7, 11) is -4.10.